The summed E-state index contributed by atoms with van der Waals surface area (Å²) in [5.41, 5.74) is 0.322. The normalized spacial score (nSPS) is 11.1. The molecule has 0 atom stereocenters. The van der Waals surface area contributed by atoms with Crippen molar-refractivity contribution in [3.05, 3.63) is 41.9 Å². The van der Waals surface area contributed by atoms with Crippen LogP contribution in [0.15, 0.2) is 34.7 Å². The maximum Gasteiger partial charge on any atom is 0.449 e. The summed E-state index contributed by atoms with van der Waals surface area (Å²) in [6.45, 7) is 0. The molecule has 0 saturated heterocycles. The first-order chi connectivity index (χ1) is 10.4. The van der Waals surface area contributed by atoms with Crippen LogP contribution in [0.25, 0.3) is 0 Å². The molecule has 0 saturated carbocycles. The van der Waals surface area contributed by atoms with Crippen LogP contribution in [0.5, 0.6) is 11.5 Å². The Labute approximate surface area is 124 Å². The number of amidine groups is 1. The highest BCUT2D eigenvalue weighted by atomic mass is 19.4. The van der Waals surface area contributed by atoms with Crippen molar-refractivity contribution < 1.29 is 27.1 Å². The molecule has 0 fully saturated rings. The van der Waals surface area contributed by atoms with E-state index in [1.54, 1.807) is 18.2 Å². The molecule has 0 aliphatic carbocycles. The molecule has 5 nitrogen and oxygen atoms in total. The summed E-state index contributed by atoms with van der Waals surface area (Å²) in [6.07, 6.45) is -4.60. The highest BCUT2D eigenvalue weighted by Gasteiger charge is 2.35. The van der Waals surface area contributed by atoms with Gasteiger partial charge in [0.1, 0.15) is 17.2 Å². The Kier molecular flexibility index (Phi) is 4.30. The van der Waals surface area contributed by atoms with Crippen LogP contribution in [-0.2, 0) is 6.18 Å². The van der Waals surface area contributed by atoms with Crippen molar-refractivity contribution in [2.75, 3.05) is 19.5 Å². The fourth-order valence-electron chi connectivity index (χ4n) is 1.79. The van der Waals surface area contributed by atoms with Gasteiger partial charge in [0.15, 0.2) is 11.6 Å². The van der Waals surface area contributed by atoms with E-state index in [1.165, 1.54) is 14.2 Å². The summed E-state index contributed by atoms with van der Waals surface area (Å²) in [6, 6.07) is 6.77. The van der Waals surface area contributed by atoms with Gasteiger partial charge in [-0.25, -0.2) is 0 Å². The molecule has 118 valence electrons. The number of benzene rings is 1. The number of rotatable bonds is 4. The van der Waals surface area contributed by atoms with Crippen LogP contribution < -0.4 is 14.8 Å². The lowest BCUT2D eigenvalue weighted by molar-refractivity contribution is -0.153. The standard InChI is InChI=1S/C14H13F3N2O3/c1-20-8-4-3-5-9(21-2)12(8)19-13(18)10-6-7-11(22-10)14(15,16)17/h3-7H,1-2H3,(H2,18,19). The van der Waals surface area contributed by atoms with Crippen molar-refractivity contribution >= 4 is 11.5 Å². The van der Waals surface area contributed by atoms with Crippen molar-refractivity contribution in [3.63, 3.8) is 0 Å². The summed E-state index contributed by atoms with van der Waals surface area (Å²) in [5.74, 6) is -1.00. The Bertz CT molecular complexity index is 658. The van der Waals surface area contributed by atoms with E-state index in [1.807, 2.05) is 0 Å². The summed E-state index contributed by atoms with van der Waals surface area (Å²) in [4.78, 5) is 0. The van der Waals surface area contributed by atoms with Gasteiger partial charge in [-0.2, -0.15) is 13.2 Å². The average molecular weight is 314 g/mol. The van der Waals surface area contributed by atoms with Gasteiger partial charge in [0.05, 0.1) is 14.2 Å². The molecule has 2 rings (SSSR count). The molecular formula is C14H13F3N2O3. The third kappa shape index (κ3) is 3.16. The first-order valence-corrected chi connectivity index (χ1v) is 6.10. The van der Waals surface area contributed by atoms with Crippen LogP contribution in [0.1, 0.15) is 11.5 Å². The topological polar surface area (TPSA) is 67.5 Å². The fraction of sp³-hybridized carbons (Fsp3) is 0.214. The summed E-state index contributed by atoms with van der Waals surface area (Å²) < 4.78 is 52.4. The fourth-order valence-corrected chi connectivity index (χ4v) is 1.79. The van der Waals surface area contributed by atoms with Crippen LogP contribution >= 0.6 is 0 Å². The zero-order valence-electron chi connectivity index (χ0n) is 11.7. The second-order valence-electron chi connectivity index (χ2n) is 4.20. The molecule has 0 aliphatic rings. The van der Waals surface area contributed by atoms with Gasteiger partial charge in [0, 0.05) is 0 Å². The predicted molar refractivity (Wildman–Crippen MR) is 73.7 cm³/mol. The number of anilines is 1. The van der Waals surface area contributed by atoms with Gasteiger partial charge in [-0.15, -0.1) is 0 Å². The molecule has 1 aromatic heterocycles. The summed E-state index contributed by atoms with van der Waals surface area (Å²) in [7, 11) is 2.86. The summed E-state index contributed by atoms with van der Waals surface area (Å²) >= 11 is 0. The number of alkyl halides is 3. The first kappa shape index (κ1) is 15.7. The molecule has 2 aromatic rings. The highest BCUT2D eigenvalue weighted by Crippen LogP contribution is 2.35. The lowest BCUT2D eigenvalue weighted by Crippen LogP contribution is -2.13. The number of hydrogen-bond acceptors (Lipinski definition) is 4. The molecule has 2 N–H and O–H groups in total. The second kappa shape index (κ2) is 6.00. The largest absolute Gasteiger partial charge is 0.494 e. The Balaban J connectivity index is 2.28. The van der Waals surface area contributed by atoms with Crippen molar-refractivity contribution in [1.29, 1.82) is 5.41 Å². The minimum Gasteiger partial charge on any atom is -0.494 e. The lowest BCUT2D eigenvalue weighted by atomic mass is 10.2. The Morgan fingerprint density at radius 3 is 2.14 bits per heavy atom. The maximum absolute atomic E-state index is 12.5. The number of para-hydroxylation sites is 1. The SMILES string of the molecule is COc1cccc(OC)c1NC(=N)c1ccc(C(F)(F)F)o1. The number of hydrogen-bond donors (Lipinski definition) is 2. The quantitative estimate of drug-likeness (QED) is 0.666. The van der Waals surface area contributed by atoms with Gasteiger partial charge in [0.25, 0.3) is 0 Å². The molecule has 0 bridgehead atoms. The maximum atomic E-state index is 12.5. The molecular weight excluding hydrogens is 301 g/mol. The highest BCUT2D eigenvalue weighted by molar-refractivity contribution is 6.05. The van der Waals surface area contributed by atoms with Crippen molar-refractivity contribution in [3.8, 4) is 11.5 Å². The molecule has 0 unspecified atom stereocenters. The van der Waals surface area contributed by atoms with Gasteiger partial charge in [-0.3, -0.25) is 5.41 Å². The van der Waals surface area contributed by atoms with E-state index in [2.05, 4.69) is 9.73 Å². The third-order valence-electron chi connectivity index (χ3n) is 2.81. The van der Waals surface area contributed by atoms with E-state index in [9.17, 15) is 13.2 Å². The molecule has 1 aromatic carbocycles. The van der Waals surface area contributed by atoms with E-state index in [0.717, 1.165) is 12.1 Å². The minimum atomic E-state index is -4.60. The Hall–Kier alpha value is -2.64. The number of ether oxygens (including phenoxy) is 2. The van der Waals surface area contributed by atoms with Gasteiger partial charge in [-0.05, 0) is 24.3 Å². The zero-order chi connectivity index (χ0) is 16.3. The first-order valence-electron chi connectivity index (χ1n) is 6.10. The molecule has 0 amide bonds. The van der Waals surface area contributed by atoms with Crippen molar-refractivity contribution in [1.82, 2.24) is 0 Å². The number of nitrogens with one attached hydrogen (secondary N) is 2. The van der Waals surface area contributed by atoms with Crippen molar-refractivity contribution in [2.24, 2.45) is 0 Å². The third-order valence-corrected chi connectivity index (χ3v) is 2.81. The zero-order valence-corrected chi connectivity index (χ0v) is 11.7. The molecule has 8 heteroatoms. The Morgan fingerprint density at radius 1 is 1.09 bits per heavy atom. The second-order valence-corrected chi connectivity index (χ2v) is 4.20. The number of methoxy groups -OCH3 is 2. The van der Waals surface area contributed by atoms with Gasteiger partial charge in [0.2, 0.25) is 5.76 Å². The Morgan fingerprint density at radius 2 is 1.68 bits per heavy atom. The molecule has 0 radical (unpaired) electrons. The van der Waals surface area contributed by atoms with Crippen LogP contribution in [0.4, 0.5) is 18.9 Å². The average Bonchev–Trinajstić information content (AvgIpc) is 2.97. The predicted octanol–water partition coefficient (Wildman–Crippen LogP) is 3.75. The van der Waals surface area contributed by atoms with E-state index in [0.29, 0.717) is 17.2 Å². The molecule has 22 heavy (non-hydrogen) atoms. The van der Waals surface area contributed by atoms with Gasteiger partial charge >= 0.3 is 6.18 Å². The molecule has 0 aliphatic heterocycles. The van der Waals surface area contributed by atoms with E-state index in [4.69, 9.17) is 14.9 Å². The van der Waals surface area contributed by atoms with Crippen LogP contribution in [-0.4, -0.2) is 20.1 Å². The van der Waals surface area contributed by atoms with E-state index >= 15 is 0 Å². The van der Waals surface area contributed by atoms with Gasteiger partial charge in [-0.1, -0.05) is 6.07 Å². The van der Waals surface area contributed by atoms with E-state index < -0.39 is 11.9 Å². The van der Waals surface area contributed by atoms with Gasteiger partial charge < -0.3 is 19.2 Å². The molecule has 0 spiro atoms. The monoisotopic (exact) mass is 314 g/mol. The van der Waals surface area contributed by atoms with E-state index in [-0.39, 0.29) is 11.6 Å². The number of halogens is 3. The van der Waals surface area contributed by atoms with Crippen LogP contribution in [0.3, 0.4) is 0 Å². The summed E-state index contributed by atoms with van der Waals surface area (Å²) in [5, 5.41) is 10.5. The minimum absolute atomic E-state index is 0.250. The number of furan rings is 1. The van der Waals surface area contributed by atoms with Crippen LogP contribution in [0, 0.1) is 5.41 Å². The lowest BCUT2D eigenvalue weighted by Gasteiger charge is -2.14. The smallest absolute Gasteiger partial charge is 0.449 e. The van der Waals surface area contributed by atoms with Crippen molar-refractivity contribution in [2.45, 2.75) is 6.18 Å². The van der Waals surface area contributed by atoms with Crippen LogP contribution in [0.2, 0.25) is 0 Å². The molecule has 1 heterocycles.